The lowest BCUT2D eigenvalue weighted by Gasteiger charge is -2.48. The molecule has 41 heavy (non-hydrogen) atoms. The molecule has 1 unspecified atom stereocenters. The molecule has 0 spiro atoms. The smallest absolute Gasteiger partial charge is 0.335 e. The Morgan fingerprint density at radius 2 is 1.83 bits per heavy atom. The van der Waals surface area contributed by atoms with E-state index in [1.165, 1.54) is 17.0 Å². The van der Waals surface area contributed by atoms with Gasteiger partial charge in [-0.05, 0) is 68.2 Å². The van der Waals surface area contributed by atoms with Crippen molar-refractivity contribution in [3.63, 3.8) is 0 Å². The summed E-state index contributed by atoms with van der Waals surface area (Å²) < 4.78 is 8.67. The lowest BCUT2D eigenvalue weighted by molar-refractivity contribution is -0.886. The fourth-order valence-electron chi connectivity index (χ4n) is 5.63. The molecule has 0 radical (unpaired) electrons. The highest BCUT2D eigenvalue weighted by molar-refractivity contribution is 5.88. The second kappa shape index (κ2) is 10.8. The lowest BCUT2D eigenvalue weighted by Crippen LogP contribution is -2.50. The number of anilines is 1. The van der Waals surface area contributed by atoms with Crippen LogP contribution in [0, 0.1) is 5.21 Å². The third kappa shape index (κ3) is 5.21. The fourth-order valence-corrected chi connectivity index (χ4v) is 5.63. The summed E-state index contributed by atoms with van der Waals surface area (Å²) in [5, 5.41) is 12.7. The molecule has 0 bridgehead atoms. The number of nitrogen functional groups attached to an aromatic ring is 1. The van der Waals surface area contributed by atoms with Crippen LogP contribution in [0.4, 0.5) is 5.82 Å². The van der Waals surface area contributed by atoms with E-state index in [1.807, 2.05) is 30.3 Å². The minimum Gasteiger partial charge on any atom is -0.633 e. The number of amides is 1. The number of aromatic nitrogens is 4. The number of rotatable bonds is 8. The molecule has 1 aliphatic heterocycles. The van der Waals surface area contributed by atoms with Crippen LogP contribution in [0.5, 0.6) is 11.5 Å². The Bertz CT molecular complexity index is 1640. The van der Waals surface area contributed by atoms with Gasteiger partial charge < -0.3 is 25.2 Å². The zero-order valence-electron chi connectivity index (χ0n) is 22.9. The van der Waals surface area contributed by atoms with Crippen molar-refractivity contribution < 1.29 is 14.2 Å². The van der Waals surface area contributed by atoms with Crippen molar-refractivity contribution in [1.82, 2.24) is 24.0 Å². The molecule has 212 valence electrons. The quantitative estimate of drug-likeness (QED) is 0.199. The van der Waals surface area contributed by atoms with Crippen LogP contribution in [0.2, 0.25) is 0 Å². The van der Waals surface area contributed by atoms with Gasteiger partial charge >= 0.3 is 5.69 Å². The highest BCUT2D eigenvalue weighted by atomic mass is 16.5. The third-order valence-corrected chi connectivity index (χ3v) is 8.17. The number of carbonyl (C=O) groups excluding carboxylic acids is 1. The SMILES string of the molecule is C[N+]([O-])(C/C=C/C(=O)N1CC[C@@H](n2c(=O)n(-c3ccc(Oc4ccccc4)cc3)c3c(N)ncnc32)C1)C1CCC1. The standard InChI is InChI=1S/C30H33N7O4/c1-37(40,23-7-5-8-23)18-6-11-26(38)34-17-16-22(19-34)36-29-27(28(31)32-20-33-29)35(30(36)39)21-12-14-25(15-13-21)41-24-9-3-2-4-10-24/h2-4,6,9-15,20,22-23H,5,7-8,16-19H2,1H3,(H2,31,32,33)/b11-6+/t22-,37?/m1/s1. The van der Waals surface area contributed by atoms with Gasteiger partial charge in [0, 0.05) is 19.2 Å². The van der Waals surface area contributed by atoms with Crippen molar-refractivity contribution in [3.05, 3.63) is 88.8 Å². The first-order valence-electron chi connectivity index (χ1n) is 13.9. The number of fused-ring (bicyclic) bond motifs is 1. The molecule has 11 nitrogen and oxygen atoms in total. The van der Waals surface area contributed by atoms with Gasteiger partial charge in [-0.1, -0.05) is 18.2 Å². The molecule has 2 aliphatic rings. The molecule has 1 aliphatic carbocycles. The van der Waals surface area contributed by atoms with Gasteiger partial charge in [-0.3, -0.25) is 13.9 Å². The van der Waals surface area contributed by atoms with Gasteiger partial charge in [0.25, 0.3) is 0 Å². The Kier molecular flexibility index (Phi) is 7.06. The number of nitrogens with two attached hydrogens (primary N) is 1. The molecule has 2 aromatic carbocycles. The van der Waals surface area contributed by atoms with Gasteiger partial charge in [-0.15, -0.1) is 0 Å². The van der Waals surface area contributed by atoms with Crippen molar-refractivity contribution >= 4 is 22.9 Å². The summed E-state index contributed by atoms with van der Waals surface area (Å²) in [5.74, 6) is 1.36. The summed E-state index contributed by atoms with van der Waals surface area (Å²) >= 11 is 0. The van der Waals surface area contributed by atoms with Crippen LogP contribution in [0.1, 0.15) is 31.7 Å². The predicted molar refractivity (Wildman–Crippen MR) is 155 cm³/mol. The van der Waals surface area contributed by atoms with E-state index in [2.05, 4.69) is 9.97 Å². The summed E-state index contributed by atoms with van der Waals surface area (Å²) in [6.07, 6.45) is 8.08. The molecule has 4 aromatic rings. The Morgan fingerprint density at radius 1 is 1.10 bits per heavy atom. The number of nitrogens with zero attached hydrogens (tertiary/aromatic N) is 6. The van der Waals surface area contributed by atoms with E-state index in [-0.39, 0.29) is 40.7 Å². The van der Waals surface area contributed by atoms with E-state index >= 15 is 0 Å². The number of hydrogen-bond donors (Lipinski definition) is 1. The van der Waals surface area contributed by atoms with Crippen LogP contribution in [0.3, 0.4) is 0 Å². The maximum absolute atomic E-state index is 13.9. The van der Waals surface area contributed by atoms with E-state index in [1.54, 1.807) is 46.9 Å². The lowest BCUT2D eigenvalue weighted by atomic mass is 9.91. The van der Waals surface area contributed by atoms with Crippen molar-refractivity contribution in [2.45, 2.75) is 37.8 Å². The van der Waals surface area contributed by atoms with E-state index in [9.17, 15) is 14.8 Å². The molecule has 1 amide bonds. The first kappa shape index (κ1) is 26.7. The summed E-state index contributed by atoms with van der Waals surface area (Å²) in [6.45, 7) is 1.11. The van der Waals surface area contributed by atoms with Gasteiger partial charge in [0.1, 0.15) is 23.3 Å². The molecule has 2 N–H and O–H groups in total. The number of hydrogen-bond acceptors (Lipinski definition) is 7. The van der Waals surface area contributed by atoms with Crippen molar-refractivity contribution in [1.29, 1.82) is 0 Å². The number of carbonyl (C=O) groups is 1. The Labute approximate surface area is 237 Å². The molecule has 2 atom stereocenters. The van der Waals surface area contributed by atoms with Crippen LogP contribution < -0.4 is 16.2 Å². The topological polar surface area (TPSA) is 131 Å². The zero-order valence-corrected chi connectivity index (χ0v) is 22.9. The highest BCUT2D eigenvalue weighted by Gasteiger charge is 2.32. The number of imidazole rings is 1. The molecular weight excluding hydrogens is 522 g/mol. The predicted octanol–water partition coefficient (Wildman–Crippen LogP) is 3.78. The van der Waals surface area contributed by atoms with Crippen LogP contribution >= 0.6 is 0 Å². The maximum atomic E-state index is 13.9. The number of likely N-dealkylation sites (tertiary alicyclic amines) is 1. The molecule has 11 heteroatoms. The fraction of sp³-hybridized carbons (Fsp3) is 0.333. The molecule has 2 fully saturated rings. The third-order valence-electron chi connectivity index (χ3n) is 8.17. The average Bonchev–Trinajstić information content (AvgIpc) is 3.51. The second-order valence-electron chi connectivity index (χ2n) is 10.9. The van der Waals surface area contributed by atoms with Gasteiger partial charge in [0.05, 0.1) is 31.4 Å². The molecule has 1 saturated heterocycles. The van der Waals surface area contributed by atoms with E-state index in [0.29, 0.717) is 47.9 Å². The normalized spacial score (nSPS) is 19.0. The van der Waals surface area contributed by atoms with Crippen LogP contribution in [-0.4, -0.2) is 67.3 Å². The van der Waals surface area contributed by atoms with Crippen molar-refractivity contribution in [2.24, 2.45) is 0 Å². The van der Waals surface area contributed by atoms with Crippen LogP contribution in [0.25, 0.3) is 16.9 Å². The van der Waals surface area contributed by atoms with Crippen molar-refractivity contribution in [3.8, 4) is 17.2 Å². The van der Waals surface area contributed by atoms with Crippen molar-refractivity contribution in [2.75, 3.05) is 32.4 Å². The number of para-hydroxylation sites is 1. The number of quaternary nitrogens is 1. The molecule has 2 aromatic heterocycles. The van der Waals surface area contributed by atoms with Gasteiger partial charge in [-0.25, -0.2) is 14.8 Å². The Balaban J connectivity index is 1.23. The molecule has 1 saturated carbocycles. The largest absolute Gasteiger partial charge is 0.633 e. The Hall–Kier alpha value is -4.48. The average molecular weight is 556 g/mol. The Morgan fingerprint density at radius 3 is 2.54 bits per heavy atom. The van der Waals surface area contributed by atoms with Crippen LogP contribution in [-0.2, 0) is 4.79 Å². The number of benzene rings is 2. The minimum absolute atomic E-state index is 0.122. The first-order chi connectivity index (χ1) is 19.8. The molecular formula is C30H33N7O4. The summed E-state index contributed by atoms with van der Waals surface area (Å²) in [7, 11) is 1.67. The van der Waals surface area contributed by atoms with Gasteiger partial charge in [0.2, 0.25) is 5.91 Å². The number of ether oxygens (including phenoxy) is 1. The van der Waals surface area contributed by atoms with Gasteiger partial charge in [-0.2, -0.15) is 0 Å². The number of likely N-dealkylation sites (N-methyl/N-ethyl adjacent to an activating group) is 1. The molecule has 6 rings (SSSR count). The van der Waals surface area contributed by atoms with Gasteiger partial charge in [0.15, 0.2) is 11.5 Å². The summed E-state index contributed by atoms with van der Waals surface area (Å²) in [4.78, 5) is 37.1. The summed E-state index contributed by atoms with van der Waals surface area (Å²) in [6, 6.07) is 16.4. The highest BCUT2D eigenvalue weighted by Crippen LogP contribution is 2.30. The van der Waals surface area contributed by atoms with Crippen LogP contribution in [0.15, 0.2) is 77.9 Å². The van der Waals surface area contributed by atoms with E-state index in [4.69, 9.17) is 10.5 Å². The monoisotopic (exact) mass is 555 g/mol. The second-order valence-corrected chi connectivity index (χ2v) is 10.9. The van der Waals surface area contributed by atoms with E-state index in [0.717, 1.165) is 19.3 Å². The molecule has 3 heterocycles. The first-order valence-corrected chi connectivity index (χ1v) is 13.9. The minimum atomic E-state index is -0.345. The zero-order chi connectivity index (χ0) is 28.6. The number of hydroxylamine groups is 3. The van der Waals surface area contributed by atoms with E-state index < -0.39 is 0 Å². The maximum Gasteiger partial charge on any atom is 0.335 e. The summed E-state index contributed by atoms with van der Waals surface area (Å²) in [5.41, 5.74) is 7.39.